The standard InChI is InChI=1S/C20H17ClF3N3O3S/c1-11-14(19(28)26-12-7-8-17(16(21)9-12)31(25,29)30)10-27(2)18(11)13-5-3-4-6-15(13)20(22,23)24/h3-10H,1-2H3,(H,26,28)(H2,25,29,30). The van der Waals surface area contributed by atoms with E-state index in [0.717, 1.165) is 12.1 Å². The Bertz CT molecular complexity index is 1280. The minimum atomic E-state index is -4.56. The summed E-state index contributed by atoms with van der Waals surface area (Å²) in [7, 11) is -2.48. The Morgan fingerprint density at radius 1 is 1.16 bits per heavy atom. The number of halogens is 4. The highest BCUT2D eigenvalue weighted by Gasteiger charge is 2.34. The van der Waals surface area contributed by atoms with E-state index in [1.807, 2.05) is 0 Å². The van der Waals surface area contributed by atoms with Gasteiger partial charge in [-0.3, -0.25) is 4.79 Å². The lowest BCUT2D eigenvalue weighted by Gasteiger charge is -2.14. The lowest BCUT2D eigenvalue weighted by atomic mass is 10.00. The Hall–Kier alpha value is -2.82. The zero-order chi connectivity index (χ0) is 23.1. The van der Waals surface area contributed by atoms with Gasteiger partial charge >= 0.3 is 6.18 Å². The second kappa shape index (κ2) is 8.03. The average Bonchev–Trinajstić information content (AvgIpc) is 2.94. The van der Waals surface area contributed by atoms with Gasteiger partial charge in [0.15, 0.2) is 0 Å². The number of nitrogens with zero attached hydrogens (tertiary/aromatic N) is 1. The molecule has 0 unspecified atom stereocenters. The van der Waals surface area contributed by atoms with E-state index < -0.39 is 27.7 Å². The number of nitrogens with two attached hydrogens (primary N) is 1. The molecule has 3 N–H and O–H groups in total. The largest absolute Gasteiger partial charge is 0.417 e. The highest BCUT2D eigenvalue weighted by atomic mass is 35.5. The Morgan fingerprint density at radius 3 is 2.39 bits per heavy atom. The predicted octanol–water partition coefficient (Wildman–Crippen LogP) is 4.57. The number of anilines is 1. The summed E-state index contributed by atoms with van der Waals surface area (Å²) >= 11 is 5.92. The molecule has 0 aliphatic carbocycles. The summed E-state index contributed by atoms with van der Waals surface area (Å²) in [5, 5.41) is 7.44. The third-order valence-electron chi connectivity index (χ3n) is 4.66. The maximum Gasteiger partial charge on any atom is 0.417 e. The number of amides is 1. The molecule has 11 heteroatoms. The number of aromatic nitrogens is 1. The molecule has 1 aromatic heterocycles. The van der Waals surface area contributed by atoms with Crippen molar-refractivity contribution in [2.24, 2.45) is 12.2 Å². The molecule has 31 heavy (non-hydrogen) atoms. The van der Waals surface area contributed by atoms with Crippen molar-refractivity contribution in [2.75, 3.05) is 5.32 Å². The van der Waals surface area contributed by atoms with Crippen LogP contribution in [0.1, 0.15) is 21.5 Å². The van der Waals surface area contributed by atoms with Gasteiger partial charge in [0, 0.05) is 24.5 Å². The molecule has 0 saturated heterocycles. The van der Waals surface area contributed by atoms with E-state index in [1.54, 1.807) is 14.0 Å². The van der Waals surface area contributed by atoms with Crippen LogP contribution in [0.4, 0.5) is 18.9 Å². The first kappa shape index (κ1) is 22.9. The lowest BCUT2D eigenvalue weighted by molar-refractivity contribution is -0.137. The topological polar surface area (TPSA) is 94.2 Å². The predicted molar refractivity (Wildman–Crippen MR) is 111 cm³/mol. The van der Waals surface area contributed by atoms with Gasteiger partial charge in [-0.2, -0.15) is 13.2 Å². The summed E-state index contributed by atoms with van der Waals surface area (Å²) in [6, 6.07) is 8.79. The van der Waals surface area contributed by atoms with E-state index in [4.69, 9.17) is 16.7 Å². The molecular formula is C20H17ClF3N3O3S. The van der Waals surface area contributed by atoms with Crippen molar-refractivity contribution in [3.63, 3.8) is 0 Å². The van der Waals surface area contributed by atoms with Crippen molar-refractivity contribution in [2.45, 2.75) is 18.0 Å². The normalized spacial score (nSPS) is 12.1. The van der Waals surface area contributed by atoms with Gasteiger partial charge in [0.25, 0.3) is 5.91 Å². The molecule has 0 radical (unpaired) electrons. The zero-order valence-electron chi connectivity index (χ0n) is 16.3. The first-order valence-corrected chi connectivity index (χ1v) is 10.7. The summed E-state index contributed by atoms with van der Waals surface area (Å²) in [4.78, 5) is 12.5. The van der Waals surface area contributed by atoms with E-state index in [0.29, 0.717) is 5.56 Å². The van der Waals surface area contributed by atoms with Gasteiger partial charge in [-0.05, 0) is 36.8 Å². The quantitative estimate of drug-likeness (QED) is 0.583. The van der Waals surface area contributed by atoms with E-state index in [2.05, 4.69) is 5.32 Å². The van der Waals surface area contributed by atoms with Crippen molar-refractivity contribution >= 4 is 33.2 Å². The molecule has 0 saturated carbocycles. The highest BCUT2D eigenvalue weighted by molar-refractivity contribution is 7.89. The monoisotopic (exact) mass is 471 g/mol. The Labute approximate surface area is 181 Å². The van der Waals surface area contributed by atoms with Crippen LogP contribution in [0.2, 0.25) is 5.02 Å². The summed E-state index contributed by atoms with van der Waals surface area (Å²) in [6.45, 7) is 1.55. The SMILES string of the molecule is Cc1c(C(=O)Nc2ccc(S(N)(=O)=O)c(Cl)c2)cn(C)c1-c1ccccc1C(F)(F)F. The third kappa shape index (κ3) is 4.60. The van der Waals surface area contributed by atoms with E-state index >= 15 is 0 Å². The molecular weight excluding hydrogens is 455 g/mol. The molecule has 0 fully saturated rings. The van der Waals surface area contributed by atoms with Crippen molar-refractivity contribution in [1.29, 1.82) is 0 Å². The van der Waals surface area contributed by atoms with Crippen molar-refractivity contribution in [3.05, 3.63) is 70.4 Å². The van der Waals surface area contributed by atoms with E-state index in [-0.39, 0.29) is 32.4 Å². The molecule has 1 amide bonds. The number of rotatable bonds is 4. The molecule has 3 rings (SSSR count). The first-order chi connectivity index (χ1) is 14.3. The van der Waals surface area contributed by atoms with E-state index in [9.17, 15) is 26.4 Å². The van der Waals surface area contributed by atoms with Crippen LogP contribution in [0.15, 0.2) is 53.6 Å². The molecule has 6 nitrogen and oxygen atoms in total. The number of alkyl halides is 3. The highest BCUT2D eigenvalue weighted by Crippen LogP contribution is 2.39. The number of carbonyl (C=O) groups excluding carboxylic acids is 1. The first-order valence-electron chi connectivity index (χ1n) is 8.77. The molecule has 2 aromatic carbocycles. The summed E-state index contributed by atoms with van der Waals surface area (Å²) < 4.78 is 64.7. The van der Waals surface area contributed by atoms with Crippen LogP contribution < -0.4 is 10.5 Å². The molecule has 164 valence electrons. The summed E-state index contributed by atoms with van der Waals surface area (Å²) in [6.07, 6.45) is -3.13. The Morgan fingerprint density at radius 2 is 1.81 bits per heavy atom. The molecule has 0 aliphatic rings. The fourth-order valence-corrected chi connectivity index (χ4v) is 4.40. The van der Waals surface area contributed by atoms with Crippen LogP contribution in [-0.4, -0.2) is 18.9 Å². The van der Waals surface area contributed by atoms with Crippen LogP contribution in [0.3, 0.4) is 0 Å². The molecule has 1 heterocycles. The molecule has 0 bridgehead atoms. The van der Waals surface area contributed by atoms with Crippen LogP contribution >= 0.6 is 11.6 Å². The second-order valence-electron chi connectivity index (χ2n) is 6.81. The van der Waals surface area contributed by atoms with Gasteiger partial charge in [-0.25, -0.2) is 13.6 Å². The zero-order valence-corrected chi connectivity index (χ0v) is 17.9. The summed E-state index contributed by atoms with van der Waals surface area (Å²) in [5.74, 6) is -0.594. The molecule has 0 spiro atoms. The smallest absolute Gasteiger partial charge is 0.350 e. The average molecular weight is 472 g/mol. The number of nitrogens with one attached hydrogen (secondary N) is 1. The number of aryl methyl sites for hydroxylation is 1. The molecule has 0 aliphatic heterocycles. The maximum atomic E-state index is 13.5. The Kier molecular flexibility index (Phi) is 5.92. The number of hydrogen-bond acceptors (Lipinski definition) is 3. The number of benzene rings is 2. The fourth-order valence-electron chi connectivity index (χ4n) is 3.31. The van der Waals surface area contributed by atoms with Gasteiger partial charge in [0.1, 0.15) is 4.90 Å². The van der Waals surface area contributed by atoms with Crippen LogP contribution in [0.5, 0.6) is 0 Å². The fraction of sp³-hybridized carbons (Fsp3) is 0.150. The van der Waals surface area contributed by atoms with Crippen LogP contribution in [0.25, 0.3) is 11.3 Å². The van der Waals surface area contributed by atoms with Crippen LogP contribution in [0, 0.1) is 6.92 Å². The number of carbonyl (C=O) groups is 1. The minimum Gasteiger partial charge on any atom is -0.350 e. The number of primary sulfonamides is 1. The lowest BCUT2D eigenvalue weighted by Crippen LogP contribution is -2.14. The van der Waals surface area contributed by atoms with Gasteiger partial charge in [-0.1, -0.05) is 29.8 Å². The third-order valence-corrected chi connectivity index (χ3v) is 6.06. The number of sulfonamides is 1. The van der Waals surface area contributed by atoms with Gasteiger partial charge < -0.3 is 9.88 Å². The minimum absolute atomic E-state index is 0.0467. The Balaban J connectivity index is 1.99. The van der Waals surface area contributed by atoms with Crippen molar-refractivity contribution < 1.29 is 26.4 Å². The van der Waals surface area contributed by atoms with Gasteiger partial charge in [-0.15, -0.1) is 0 Å². The van der Waals surface area contributed by atoms with Gasteiger partial charge in [0.05, 0.1) is 21.8 Å². The molecule has 3 aromatic rings. The molecule has 0 atom stereocenters. The number of hydrogen-bond donors (Lipinski definition) is 2. The second-order valence-corrected chi connectivity index (χ2v) is 8.75. The van der Waals surface area contributed by atoms with Crippen LogP contribution in [-0.2, 0) is 23.2 Å². The van der Waals surface area contributed by atoms with Gasteiger partial charge in [0.2, 0.25) is 10.0 Å². The maximum absolute atomic E-state index is 13.5. The summed E-state index contributed by atoms with van der Waals surface area (Å²) in [5.41, 5.74) is 0.0971. The van der Waals surface area contributed by atoms with Crippen molar-refractivity contribution in [1.82, 2.24) is 4.57 Å². The van der Waals surface area contributed by atoms with E-state index in [1.165, 1.54) is 41.1 Å². The van der Waals surface area contributed by atoms with Crippen molar-refractivity contribution in [3.8, 4) is 11.3 Å².